The molecule has 0 aromatic heterocycles. The molecule has 3 nitrogen and oxygen atoms in total. The van der Waals surface area contributed by atoms with Gasteiger partial charge in [-0.05, 0) is 20.8 Å². The molecular weight excluding hydrogens is 140 g/mol. The van der Waals surface area contributed by atoms with Crippen LogP contribution in [-0.2, 0) is 4.79 Å². The number of amides is 1. The minimum absolute atomic E-state index is 0.0910. The molecular formula is C8H18N2O. The molecule has 0 atom stereocenters. The zero-order valence-corrected chi connectivity index (χ0v) is 7.85. The number of hydrogen-bond acceptors (Lipinski definition) is 2. The number of carbonyl (C=O) groups excluding carboxylic acids is 1. The van der Waals surface area contributed by atoms with Crippen molar-refractivity contribution in [3.8, 4) is 0 Å². The van der Waals surface area contributed by atoms with Gasteiger partial charge in [-0.1, -0.05) is 0 Å². The largest absolute Gasteiger partial charge is 0.341 e. The van der Waals surface area contributed by atoms with E-state index in [9.17, 15) is 4.79 Å². The molecule has 0 bridgehead atoms. The summed E-state index contributed by atoms with van der Waals surface area (Å²) in [5, 5.41) is 0. The standard InChI is InChI=1S/C8H18N2O/c1-8(2,3)10(4)7(11)5-6-9/h5-6,9H2,1-4H3. The summed E-state index contributed by atoms with van der Waals surface area (Å²) in [4.78, 5) is 13.0. The molecule has 0 aliphatic heterocycles. The van der Waals surface area contributed by atoms with Crippen molar-refractivity contribution in [2.75, 3.05) is 13.6 Å². The average molecular weight is 158 g/mol. The first-order valence-corrected chi connectivity index (χ1v) is 3.86. The third-order valence-electron chi connectivity index (χ3n) is 1.74. The van der Waals surface area contributed by atoms with Crippen molar-refractivity contribution in [2.24, 2.45) is 5.73 Å². The van der Waals surface area contributed by atoms with E-state index in [0.717, 1.165) is 0 Å². The fourth-order valence-electron chi connectivity index (χ4n) is 0.665. The summed E-state index contributed by atoms with van der Waals surface area (Å²) in [7, 11) is 1.80. The Hall–Kier alpha value is -0.570. The molecule has 0 aliphatic carbocycles. The van der Waals surface area contributed by atoms with Crippen molar-refractivity contribution < 1.29 is 4.79 Å². The van der Waals surface area contributed by atoms with Crippen molar-refractivity contribution in [1.82, 2.24) is 4.90 Å². The van der Waals surface area contributed by atoms with E-state index in [1.807, 2.05) is 20.8 Å². The first-order chi connectivity index (χ1) is 4.89. The second-order valence-electron chi connectivity index (χ2n) is 3.66. The minimum atomic E-state index is -0.0910. The van der Waals surface area contributed by atoms with Crippen LogP contribution in [0.4, 0.5) is 0 Å². The van der Waals surface area contributed by atoms with E-state index in [2.05, 4.69) is 0 Å². The van der Waals surface area contributed by atoms with Crippen molar-refractivity contribution >= 4 is 5.91 Å². The first-order valence-electron chi connectivity index (χ1n) is 3.86. The molecule has 0 rings (SSSR count). The Morgan fingerprint density at radius 2 is 1.91 bits per heavy atom. The quantitative estimate of drug-likeness (QED) is 0.639. The molecule has 3 heteroatoms. The molecule has 0 saturated carbocycles. The highest BCUT2D eigenvalue weighted by Gasteiger charge is 2.20. The van der Waals surface area contributed by atoms with Gasteiger partial charge in [0.1, 0.15) is 0 Å². The third-order valence-corrected chi connectivity index (χ3v) is 1.74. The van der Waals surface area contributed by atoms with Crippen molar-refractivity contribution in [3.63, 3.8) is 0 Å². The minimum Gasteiger partial charge on any atom is -0.341 e. The van der Waals surface area contributed by atoms with Crippen LogP contribution in [0.2, 0.25) is 0 Å². The maximum atomic E-state index is 11.2. The molecule has 0 spiro atoms. The van der Waals surface area contributed by atoms with Gasteiger partial charge in [0.15, 0.2) is 0 Å². The summed E-state index contributed by atoms with van der Waals surface area (Å²) in [6, 6.07) is 0. The SMILES string of the molecule is CN(C(=O)CCN)C(C)(C)C. The first kappa shape index (κ1) is 10.4. The van der Waals surface area contributed by atoms with Gasteiger partial charge in [0.2, 0.25) is 5.91 Å². The fraction of sp³-hybridized carbons (Fsp3) is 0.875. The van der Waals surface area contributed by atoms with Crippen LogP contribution in [0.5, 0.6) is 0 Å². The highest BCUT2D eigenvalue weighted by molar-refractivity contribution is 5.76. The van der Waals surface area contributed by atoms with E-state index in [1.54, 1.807) is 11.9 Å². The fourth-order valence-corrected chi connectivity index (χ4v) is 0.665. The molecule has 0 fully saturated rings. The van der Waals surface area contributed by atoms with Crippen LogP contribution in [0.15, 0.2) is 0 Å². The van der Waals surface area contributed by atoms with E-state index < -0.39 is 0 Å². The summed E-state index contributed by atoms with van der Waals surface area (Å²) in [5.41, 5.74) is 5.17. The lowest BCUT2D eigenvalue weighted by Gasteiger charge is -2.31. The lowest BCUT2D eigenvalue weighted by molar-refractivity contribution is -0.133. The number of carbonyl (C=O) groups is 1. The summed E-state index contributed by atoms with van der Waals surface area (Å²) >= 11 is 0. The lowest BCUT2D eigenvalue weighted by atomic mass is 10.1. The molecule has 0 heterocycles. The molecule has 0 aromatic rings. The van der Waals surface area contributed by atoms with Gasteiger partial charge in [-0.15, -0.1) is 0 Å². The van der Waals surface area contributed by atoms with Crippen LogP contribution in [0.25, 0.3) is 0 Å². The molecule has 0 saturated heterocycles. The molecule has 11 heavy (non-hydrogen) atoms. The van der Waals surface area contributed by atoms with Gasteiger partial charge in [-0.25, -0.2) is 0 Å². The Morgan fingerprint density at radius 1 is 1.45 bits per heavy atom. The van der Waals surface area contributed by atoms with Gasteiger partial charge in [-0.3, -0.25) is 4.79 Å². The van der Waals surface area contributed by atoms with Crippen molar-refractivity contribution in [1.29, 1.82) is 0 Å². The normalized spacial score (nSPS) is 11.4. The van der Waals surface area contributed by atoms with Crippen molar-refractivity contribution in [3.05, 3.63) is 0 Å². The van der Waals surface area contributed by atoms with E-state index in [1.165, 1.54) is 0 Å². The van der Waals surface area contributed by atoms with Gasteiger partial charge in [0.25, 0.3) is 0 Å². The second-order valence-corrected chi connectivity index (χ2v) is 3.66. The van der Waals surface area contributed by atoms with E-state index in [4.69, 9.17) is 5.73 Å². The van der Waals surface area contributed by atoms with Crippen LogP contribution in [-0.4, -0.2) is 29.9 Å². The summed E-state index contributed by atoms with van der Waals surface area (Å²) in [6.07, 6.45) is 0.438. The Balaban J connectivity index is 4.03. The van der Waals surface area contributed by atoms with Gasteiger partial charge >= 0.3 is 0 Å². The zero-order chi connectivity index (χ0) is 9.07. The van der Waals surface area contributed by atoms with E-state index >= 15 is 0 Å². The molecule has 0 radical (unpaired) electrons. The Labute approximate surface area is 68.6 Å². The van der Waals surface area contributed by atoms with E-state index in [0.29, 0.717) is 13.0 Å². The Morgan fingerprint density at radius 3 is 2.18 bits per heavy atom. The predicted octanol–water partition coefficient (Wildman–Crippen LogP) is 0.592. The second kappa shape index (κ2) is 3.72. The Kier molecular flexibility index (Phi) is 3.52. The summed E-state index contributed by atoms with van der Waals surface area (Å²) in [6.45, 7) is 6.43. The van der Waals surface area contributed by atoms with Gasteiger partial charge in [0, 0.05) is 25.6 Å². The van der Waals surface area contributed by atoms with Gasteiger partial charge < -0.3 is 10.6 Å². The highest BCUT2D eigenvalue weighted by atomic mass is 16.2. The number of nitrogens with zero attached hydrogens (tertiary/aromatic N) is 1. The Bertz CT molecular complexity index is 138. The lowest BCUT2D eigenvalue weighted by Crippen LogP contribution is -2.43. The molecule has 0 aromatic carbocycles. The van der Waals surface area contributed by atoms with Crippen LogP contribution < -0.4 is 5.73 Å². The topological polar surface area (TPSA) is 46.3 Å². The number of rotatable bonds is 2. The summed E-state index contributed by atoms with van der Waals surface area (Å²) in [5.74, 6) is 0.111. The highest BCUT2D eigenvalue weighted by Crippen LogP contribution is 2.10. The maximum Gasteiger partial charge on any atom is 0.224 e. The smallest absolute Gasteiger partial charge is 0.224 e. The molecule has 0 aliphatic rings. The molecule has 66 valence electrons. The molecule has 2 N–H and O–H groups in total. The van der Waals surface area contributed by atoms with Crippen molar-refractivity contribution in [2.45, 2.75) is 32.7 Å². The van der Waals surface area contributed by atoms with E-state index in [-0.39, 0.29) is 11.4 Å². The molecule has 0 unspecified atom stereocenters. The predicted molar refractivity (Wildman–Crippen MR) is 46.2 cm³/mol. The average Bonchev–Trinajstić information content (AvgIpc) is 1.85. The number of hydrogen-bond donors (Lipinski definition) is 1. The molecule has 1 amide bonds. The van der Waals surface area contributed by atoms with Crippen LogP contribution >= 0.6 is 0 Å². The summed E-state index contributed by atoms with van der Waals surface area (Å²) < 4.78 is 0. The zero-order valence-electron chi connectivity index (χ0n) is 7.85. The van der Waals surface area contributed by atoms with Gasteiger partial charge in [-0.2, -0.15) is 0 Å². The third kappa shape index (κ3) is 3.37. The van der Waals surface area contributed by atoms with Crippen LogP contribution in [0.3, 0.4) is 0 Å². The van der Waals surface area contributed by atoms with Crippen LogP contribution in [0, 0.1) is 0 Å². The number of nitrogens with two attached hydrogens (primary N) is 1. The monoisotopic (exact) mass is 158 g/mol. The van der Waals surface area contributed by atoms with Crippen LogP contribution in [0.1, 0.15) is 27.2 Å². The maximum absolute atomic E-state index is 11.2. The van der Waals surface area contributed by atoms with Gasteiger partial charge in [0.05, 0.1) is 0 Å².